The number of nitrogens with zero attached hydrogens (tertiary/aromatic N) is 5. The monoisotopic (exact) mass is 452 g/mol. The second-order valence-corrected chi connectivity index (χ2v) is 9.10. The zero-order valence-electron chi connectivity index (χ0n) is 13.2. The number of hydrogen-bond acceptors (Lipinski definition) is 10. The maximum atomic E-state index is 13.0. The molecule has 1 aromatic carbocycles. The molecule has 2 heterocycles. The van der Waals surface area contributed by atoms with E-state index in [9.17, 15) is 26.4 Å². The summed E-state index contributed by atoms with van der Waals surface area (Å²) in [6.07, 6.45) is -4.97. The molecule has 0 saturated heterocycles. The zero-order chi connectivity index (χ0) is 20.7. The number of thiazole rings is 1. The molecular formula is C12H7F3N6O4S3. The number of aromatic nitrogens is 1. The van der Waals surface area contributed by atoms with Crippen LogP contribution in [0.25, 0.3) is 0 Å². The smallest absolute Gasteiger partial charge is 0.435 e. The molecule has 2 aromatic rings. The number of thioether (sulfide) groups is 1. The van der Waals surface area contributed by atoms with Gasteiger partial charge in [0.2, 0.25) is 10.0 Å². The highest BCUT2D eigenvalue weighted by Gasteiger charge is 2.43. The molecule has 0 aliphatic carbocycles. The van der Waals surface area contributed by atoms with E-state index in [1.54, 1.807) is 0 Å². The fourth-order valence-corrected chi connectivity index (χ4v) is 4.79. The van der Waals surface area contributed by atoms with Crippen LogP contribution in [0.2, 0.25) is 0 Å². The first-order chi connectivity index (χ1) is 12.9. The molecule has 16 heteroatoms. The Hall–Kier alpha value is -2.43. The Bertz CT molecular complexity index is 1080. The van der Waals surface area contributed by atoms with Crippen molar-refractivity contribution in [1.82, 2.24) is 4.98 Å². The van der Waals surface area contributed by atoms with Crippen molar-refractivity contribution in [3.8, 4) is 0 Å². The lowest BCUT2D eigenvalue weighted by molar-refractivity contribution is -0.141. The quantitative estimate of drug-likeness (QED) is 0.708. The summed E-state index contributed by atoms with van der Waals surface area (Å²) in [6, 6.07) is 4.88. The van der Waals surface area contributed by atoms with Crippen LogP contribution in [0.4, 0.5) is 13.2 Å². The van der Waals surface area contributed by atoms with Crippen LogP contribution >= 0.6 is 23.1 Å². The van der Waals surface area contributed by atoms with E-state index in [0.717, 1.165) is 12.1 Å². The Labute approximate surface area is 162 Å². The predicted octanol–water partition coefficient (Wildman–Crippen LogP) is 3.24. The Kier molecular flexibility index (Phi) is 4.98. The lowest BCUT2D eigenvalue weighted by Crippen LogP contribution is -2.16. The van der Waals surface area contributed by atoms with Gasteiger partial charge in [0.25, 0.3) is 4.99 Å². The molecule has 0 unspecified atom stereocenters. The van der Waals surface area contributed by atoms with Gasteiger partial charge in [-0.15, -0.1) is 10.2 Å². The number of alkyl halides is 3. The lowest BCUT2D eigenvalue weighted by atomic mass is 10.2. The van der Waals surface area contributed by atoms with Crippen molar-refractivity contribution in [3.05, 3.63) is 40.4 Å². The van der Waals surface area contributed by atoms with Gasteiger partial charge >= 0.3 is 12.1 Å². The number of nitrogens with two attached hydrogens (primary N) is 1. The summed E-state index contributed by atoms with van der Waals surface area (Å²) in [6.45, 7) is 0. The fraction of sp³-hybridized carbons (Fsp3) is 0.167. The van der Waals surface area contributed by atoms with Gasteiger partial charge < -0.3 is 5.11 Å². The summed E-state index contributed by atoms with van der Waals surface area (Å²) < 4.78 is 61.5. The van der Waals surface area contributed by atoms with Gasteiger partial charge in [0.15, 0.2) is 10.0 Å². The summed E-state index contributed by atoms with van der Waals surface area (Å²) in [4.78, 5) is 11.6. The van der Waals surface area contributed by atoms with Gasteiger partial charge in [-0.2, -0.15) is 13.2 Å². The fourth-order valence-electron chi connectivity index (χ4n) is 2.06. The van der Waals surface area contributed by atoms with Crippen LogP contribution in [-0.4, -0.2) is 24.5 Å². The molecule has 0 fully saturated rings. The summed E-state index contributed by atoms with van der Waals surface area (Å²) in [5.41, 5.74) is -1.32. The number of hydrogen-bond donors (Lipinski definition) is 2. The minimum atomic E-state index is -4.97. The van der Waals surface area contributed by atoms with E-state index >= 15 is 0 Å². The van der Waals surface area contributed by atoms with Crippen LogP contribution in [0.15, 0.2) is 54.2 Å². The molecule has 1 aromatic heterocycles. The van der Waals surface area contributed by atoms with Crippen molar-refractivity contribution in [2.75, 3.05) is 0 Å². The second-order valence-electron chi connectivity index (χ2n) is 5.12. The minimum absolute atomic E-state index is 0.204. The molecule has 3 rings (SSSR count). The third-order valence-electron chi connectivity index (χ3n) is 3.26. The van der Waals surface area contributed by atoms with Crippen LogP contribution in [-0.2, 0) is 21.2 Å². The average Bonchev–Trinajstić information content (AvgIpc) is 3.22. The molecule has 0 saturated carbocycles. The first-order valence-corrected chi connectivity index (χ1v) is 10.1. The largest absolute Gasteiger partial charge is 0.477 e. The third kappa shape index (κ3) is 3.89. The molecule has 10 nitrogen and oxygen atoms in total. The topological polar surface area (TPSA) is 160 Å². The van der Waals surface area contributed by atoms with Gasteiger partial charge in [0, 0.05) is 5.56 Å². The molecule has 0 spiro atoms. The van der Waals surface area contributed by atoms with Crippen molar-refractivity contribution >= 4 is 39.1 Å². The standard InChI is InChI=1S/C12H7F3N6O4S3/c13-11(14,15)8-7(9(22)23)26-10(17-8)27-12(18-20-21-19-12)5-1-3-6(4-2-5)28(16,24)25/h1-4H,(H,22,23)(H2,16,24,25). The summed E-state index contributed by atoms with van der Waals surface area (Å²) in [5.74, 6) is -1.78. The predicted molar refractivity (Wildman–Crippen MR) is 89.1 cm³/mol. The van der Waals surface area contributed by atoms with Crippen LogP contribution in [0.5, 0.6) is 0 Å². The lowest BCUT2D eigenvalue weighted by Gasteiger charge is -2.18. The Balaban J connectivity index is 2.02. The number of halogens is 3. The number of benzene rings is 1. The number of carboxylic acids is 1. The van der Waals surface area contributed by atoms with Crippen molar-refractivity contribution in [2.24, 2.45) is 25.8 Å². The Morgan fingerprint density at radius 3 is 2.18 bits per heavy atom. The van der Waals surface area contributed by atoms with Gasteiger partial charge in [-0.1, -0.05) is 23.5 Å². The highest BCUT2D eigenvalue weighted by molar-refractivity contribution is 8.01. The van der Waals surface area contributed by atoms with Gasteiger partial charge in [-0.05, 0) is 34.3 Å². The van der Waals surface area contributed by atoms with Gasteiger partial charge in [0.05, 0.1) is 4.90 Å². The average molecular weight is 452 g/mol. The first kappa shape index (κ1) is 20.3. The number of carbonyl (C=O) groups is 1. The van der Waals surface area contributed by atoms with E-state index in [0.29, 0.717) is 23.1 Å². The summed E-state index contributed by atoms with van der Waals surface area (Å²) in [7, 11) is -3.97. The number of carboxylic acid groups (broad SMARTS) is 1. The number of primary sulfonamides is 1. The highest BCUT2D eigenvalue weighted by atomic mass is 32.2. The zero-order valence-corrected chi connectivity index (χ0v) is 15.6. The van der Waals surface area contributed by atoms with E-state index in [-0.39, 0.29) is 14.8 Å². The van der Waals surface area contributed by atoms with Gasteiger partial charge in [0.1, 0.15) is 4.88 Å². The molecule has 0 amide bonds. The van der Waals surface area contributed by atoms with E-state index in [1.807, 2.05) is 0 Å². The highest BCUT2D eigenvalue weighted by Crippen LogP contribution is 2.49. The molecular weight excluding hydrogens is 445 g/mol. The van der Waals surface area contributed by atoms with Crippen molar-refractivity contribution < 1.29 is 31.5 Å². The Morgan fingerprint density at radius 2 is 1.75 bits per heavy atom. The van der Waals surface area contributed by atoms with E-state index in [1.165, 1.54) is 12.1 Å². The van der Waals surface area contributed by atoms with Crippen molar-refractivity contribution in [3.63, 3.8) is 0 Å². The number of aromatic carboxylic acids is 1. The van der Waals surface area contributed by atoms with Gasteiger partial charge in [-0.25, -0.2) is 23.3 Å². The normalized spacial score (nSPS) is 15.9. The maximum Gasteiger partial charge on any atom is 0.435 e. The van der Waals surface area contributed by atoms with Crippen LogP contribution in [0.3, 0.4) is 0 Å². The molecule has 1 aliphatic rings. The van der Waals surface area contributed by atoms with Crippen molar-refractivity contribution in [2.45, 2.75) is 20.4 Å². The summed E-state index contributed by atoms with van der Waals surface area (Å²) in [5, 5.41) is 28.3. The maximum absolute atomic E-state index is 13.0. The number of sulfonamides is 1. The second kappa shape index (κ2) is 6.87. The number of rotatable bonds is 5. The SMILES string of the molecule is NS(=O)(=O)c1ccc(C2(Sc3nc(C(F)(F)F)c(C(=O)O)s3)N=NN=N2)cc1. The summed E-state index contributed by atoms with van der Waals surface area (Å²) >= 11 is 0.871. The van der Waals surface area contributed by atoms with Gasteiger partial charge in [-0.3, -0.25) is 0 Å². The van der Waals surface area contributed by atoms with Crippen LogP contribution in [0.1, 0.15) is 20.9 Å². The molecule has 148 valence electrons. The van der Waals surface area contributed by atoms with E-state index in [2.05, 4.69) is 25.7 Å². The first-order valence-electron chi connectivity index (χ1n) is 6.90. The van der Waals surface area contributed by atoms with E-state index < -0.39 is 37.7 Å². The third-order valence-corrected chi connectivity index (χ3v) is 6.48. The van der Waals surface area contributed by atoms with Crippen molar-refractivity contribution in [1.29, 1.82) is 0 Å². The Morgan fingerprint density at radius 1 is 1.18 bits per heavy atom. The molecule has 3 N–H and O–H groups in total. The molecule has 28 heavy (non-hydrogen) atoms. The molecule has 0 radical (unpaired) electrons. The van der Waals surface area contributed by atoms with Crippen LogP contribution in [0, 0.1) is 0 Å². The van der Waals surface area contributed by atoms with E-state index in [4.69, 9.17) is 10.2 Å². The molecule has 0 bridgehead atoms. The molecule has 0 atom stereocenters. The molecule has 1 aliphatic heterocycles. The van der Waals surface area contributed by atoms with Crippen LogP contribution < -0.4 is 5.14 Å². The minimum Gasteiger partial charge on any atom is -0.477 e.